The maximum absolute atomic E-state index is 12.1. The fourth-order valence-electron chi connectivity index (χ4n) is 3.08. The van der Waals surface area contributed by atoms with E-state index in [2.05, 4.69) is 20.9 Å². The minimum Gasteiger partial charge on any atom is -0.465 e. The number of nitrogens with one attached hydrogen (secondary N) is 4. The molecular formula is C18H27ClN4O3S. The first-order valence-electron chi connectivity index (χ1n) is 8.80. The monoisotopic (exact) mass is 414 g/mol. The molecule has 1 saturated heterocycles. The summed E-state index contributed by atoms with van der Waals surface area (Å²) in [6, 6.07) is 13.2. The molecule has 0 radical (unpaired) electrons. The van der Waals surface area contributed by atoms with Gasteiger partial charge in [-0.3, -0.25) is 5.43 Å². The van der Waals surface area contributed by atoms with Crippen molar-refractivity contribution in [2.75, 3.05) is 26.2 Å². The predicted octanol–water partition coefficient (Wildman–Crippen LogP) is 1.48. The Morgan fingerprint density at radius 3 is 2.63 bits per heavy atom. The molecule has 3 rings (SSSR count). The van der Waals surface area contributed by atoms with Crippen molar-refractivity contribution in [1.82, 2.24) is 20.9 Å². The molecule has 7 nitrogen and oxygen atoms in total. The molecule has 1 fully saturated rings. The Bertz CT molecular complexity index is 798. The summed E-state index contributed by atoms with van der Waals surface area (Å²) < 4.78 is 32.5. The van der Waals surface area contributed by atoms with E-state index in [4.69, 9.17) is 4.42 Å². The Morgan fingerprint density at radius 2 is 1.93 bits per heavy atom. The van der Waals surface area contributed by atoms with E-state index in [0.29, 0.717) is 19.0 Å². The topological polar surface area (TPSA) is 95.4 Å². The first-order valence-corrected chi connectivity index (χ1v) is 10.5. The number of hydrogen-bond acceptors (Lipinski definition) is 6. The molecule has 1 aliphatic heterocycles. The number of sulfonamides is 1. The Balaban J connectivity index is 0.00000261. The molecule has 150 valence electrons. The van der Waals surface area contributed by atoms with E-state index < -0.39 is 10.0 Å². The van der Waals surface area contributed by atoms with Crippen LogP contribution in [-0.2, 0) is 15.8 Å². The van der Waals surface area contributed by atoms with E-state index >= 15 is 0 Å². The summed E-state index contributed by atoms with van der Waals surface area (Å²) in [5.74, 6) is 2.15. The van der Waals surface area contributed by atoms with Crippen LogP contribution in [0.1, 0.15) is 23.1 Å². The molecular weight excluding hydrogens is 388 g/mol. The zero-order valence-corrected chi connectivity index (χ0v) is 16.9. The van der Waals surface area contributed by atoms with Crippen molar-refractivity contribution in [3.05, 3.63) is 59.5 Å². The van der Waals surface area contributed by atoms with Gasteiger partial charge in [0.25, 0.3) is 0 Å². The highest BCUT2D eigenvalue weighted by Gasteiger charge is 2.30. The van der Waals surface area contributed by atoms with Crippen molar-refractivity contribution in [2.24, 2.45) is 5.92 Å². The lowest BCUT2D eigenvalue weighted by Gasteiger charge is -2.17. The smallest absolute Gasteiger partial charge is 0.215 e. The second kappa shape index (κ2) is 10.2. The van der Waals surface area contributed by atoms with E-state index in [9.17, 15) is 8.42 Å². The lowest BCUT2D eigenvalue weighted by atomic mass is 10.00. The molecule has 0 spiro atoms. The van der Waals surface area contributed by atoms with Crippen LogP contribution in [0.3, 0.4) is 0 Å². The molecule has 1 aromatic carbocycles. The molecule has 2 heterocycles. The molecule has 1 aromatic heterocycles. The number of benzene rings is 1. The van der Waals surface area contributed by atoms with Gasteiger partial charge < -0.3 is 9.73 Å². The lowest BCUT2D eigenvalue weighted by Crippen LogP contribution is -2.35. The molecule has 1 aliphatic rings. The molecule has 2 aromatic rings. The zero-order chi connectivity index (χ0) is 18.4. The SMILES string of the molecule is Cc1ccc(C2NNCC2CNCCNS(=O)(=O)Cc2ccccc2)o1.Cl. The van der Waals surface area contributed by atoms with Gasteiger partial charge in [0.15, 0.2) is 0 Å². The fourth-order valence-corrected chi connectivity index (χ4v) is 4.22. The Labute approximate surface area is 166 Å². The van der Waals surface area contributed by atoms with Gasteiger partial charge in [0.1, 0.15) is 11.5 Å². The quantitative estimate of drug-likeness (QED) is 0.464. The van der Waals surface area contributed by atoms with Crippen LogP contribution in [0.4, 0.5) is 0 Å². The van der Waals surface area contributed by atoms with Gasteiger partial charge in [-0.15, -0.1) is 12.4 Å². The van der Waals surface area contributed by atoms with E-state index in [-0.39, 0.29) is 24.2 Å². The van der Waals surface area contributed by atoms with Gasteiger partial charge in [-0.25, -0.2) is 18.6 Å². The summed E-state index contributed by atoms with van der Waals surface area (Å²) in [5.41, 5.74) is 7.18. The van der Waals surface area contributed by atoms with Crippen LogP contribution in [-0.4, -0.2) is 34.6 Å². The summed E-state index contributed by atoms with van der Waals surface area (Å²) in [4.78, 5) is 0. The minimum absolute atomic E-state index is 0. The normalized spacial score (nSPS) is 19.7. The van der Waals surface area contributed by atoms with Gasteiger partial charge in [0.05, 0.1) is 11.8 Å². The van der Waals surface area contributed by atoms with Gasteiger partial charge >= 0.3 is 0 Å². The van der Waals surface area contributed by atoms with Crippen molar-refractivity contribution in [2.45, 2.75) is 18.7 Å². The van der Waals surface area contributed by atoms with Gasteiger partial charge in [-0.05, 0) is 24.6 Å². The minimum atomic E-state index is -3.31. The van der Waals surface area contributed by atoms with Crippen molar-refractivity contribution in [1.29, 1.82) is 0 Å². The van der Waals surface area contributed by atoms with Crippen molar-refractivity contribution >= 4 is 22.4 Å². The average Bonchev–Trinajstić information content (AvgIpc) is 3.23. The number of hydrogen-bond donors (Lipinski definition) is 4. The van der Waals surface area contributed by atoms with Crippen molar-refractivity contribution in [3.63, 3.8) is 0 Å². The Kier molecular flexibility index (Phi) is 8.28. The second-order valence-corrected chi connectivity index (χ2v) is 8.36. The molecule has 0 amide bonds. The van der Waals surface area contributed by atoms with Crippen LogP contribution in [0.5, 0.6) is 0 Å². The van der Waals surface area contributed by atoms with Crippen LogP contribution < -0.4 is 20.9 Å². The fraction of sp³-hybridized carbons (Fsp3) is 0.444. The van der Waals surface area contributed by atoms with Gasteiger partial charge in [0, 0.05) is 32.1 Å². The molecule has 27 heavy (non-hydrogen) atoms. The molecule has 0 bridgehead atoms. The Hall–Kier alpha value is -1.42. The predicted molar refractivity (Wildman–Crippen MR) is 108 cm³/mol. The third kappa shape index (κ3) is 6.60. The van der Waals surface area contributed by atoms with E-state index in [1.165, 1.54) is 0 Å². The largest absolute Gasteiger partial charge is 0.465 e. The maximum atomic E-state index is 12.1. The second-order valence-electron chi connectivity index (χ2n) is 6.55. The van der Waals surface area contributed by atoms with E-state index in [1.54, 1.807) is 0 Å². The number of rotatable bonds is 9. The summed E-state index contributed by atoms with van der Waals surface area (Å²) in [6.07, 6.45) is 0. The molecule has 4 N–H and O–H groups in total. The summed E-state index contributed by atoms with van der Waals surface area (Å²) in [6.45, 7) is 4.48. The molecule has 0 aliphatic carbocycles. The van der Waals surface area contributed by atoms with Gasteiger partial charge in [-0.2, -0.15) is 0 Å². The number of hydrazine groups is 1. The third-order valence-corrected chi connectivity index (χ3v) is 5.75. The highest BCUT2D eigenvalue weighted by molar-refractivity contribution is 7.88. The molecule has 0 saturated carbocycles. The first-order chi connectivity index (χ1) is 12.5. The molecule has 2 atom stereocenters. The standard InChI is InChI=1S/C18H26N4O3S.ClH/c1-14-7-8-17(25-14)18-16(12-20-22-18)11-19-9-10-21-26(23,24)13-15-5-3-2-4-6-15;/h2-8,16,18-22H,9-13H2,1H3;1H. The van der Waals surface area contributed by atoms with Crippen LogP contribution >= 0.6 is 12.4 Å². The van der Waals surface area contributed by atoms with Crippen LogP contribution in [0, 0.1) is 12.8 Å². The van der Waals surface area contributed by atoms with Crippen molar-refractivity contribution in [3.8, 4) is 0 Å². The van der Waals surface area contributed by atoms with Crippen molar-refractivity contribution < 1.29 is 12.8 Å². The summed E-state index contributed by atoms with van der Waals surface area (Å²) in [5, 5.41) is 3.32. The van der Waals surface area contributed by atoms with Crippen LogP contribution in [0.2, 0.25) is 0 Å². The first kappa shape index (κ1) is 21.9. The average molecular weight is 415 g/mol. The molecule has 2 unspecified atom stereocenters. The third-order valence-electron chi connectivity index (χ3n) is 4.39. The summed E-state index contributed by atoms with van der Waals surface area (Å²) >= 11 is 0. The highest BCUT2D eigenvalue weighted by atomic mass is 35.5. The lowest BCUT2D eigenvalue weighted by molar-refractivity contribution is 0.361. The maximum Gasteiger partial charge on any atom is 0.215 e. The summed E-state index contributed by atoms with van der Waals surface area (Å²) in [7, 11) is -3.31. The Morgan fingerprint density at radius 1 is 1.15 bits per heavy atom. The van der Waals surface area contributed by atoms with Gasteiger partial charge in [0.2, 0.25) is 10.0 Å². The van der Waals surface area contributed by atoms with E-state index in [0.717, 1.165) is 30.2 Å². The number of aryl methyl sites for hydroxylation is 1. The number of furan rings is 1. The van der Waals surface area contributed by atoms with E-state index in [1.807, 2.05) is 49.4 Å². The zero-order valence-electron chi connectivity index (χ0n) is 15.3. The number of halogens is 1. The highest BCUT2D eigenvalue weighted by Crippen LogP contribution is 2.25. The van der Waals surface area contributed by atoms with Crippen LogP contribution in [0.25, 0.3) is 0 Å². The van der Waals surface area contributed by atoms with Gasteiger partial charge in [-0.1, -0.05) is 30.3 Å². The van der Waals surface area contributed by atoms with Crippen LogP contribution in [0.15, 0.2) is 46.9 Å². The molecule has 9 heteroatoms.